The maximum atomic E-state index is 16.0. The average molecular weight is 498 g/mol. The molecule has 2 saturated heterocycles. The summed E-state index contributed by atoms with van der Waals surface area (Å²) in [5.74, 6) is -2.83. The molecule has 0 radical (unpaired) electrons. The number of nitro benzene ring substituents is 1. The minimum atomic E-state index is -1.27. The van der Waals surface area contributed by atoms with Gasteiger partial charge in [0.05, 0.1) is 4.92 Å². The van der Waals surface area contributed by atoms with Gasteiger partial charge in [-0.15, -0.1) is 0 Å². The quantitative estimate of drug-likeness (QED) is 0.232. The second-order valence-electron chi connectivity index (χ2n) is 9.51. The smallest absolute Gasteiger partial charge is 0.326 e. The first kappa shape index (κ1) is 26.9. The van der Waals surface area contributed by atoms with Gasteiger partial charge in [0.15, 0.2) is 23.0 Å². The Bertz CT molecular complexity index is 903. The van der Waals surface area contributed by atoms with Crippen molar-refractivity contribution in [2.75, 3.05) is 47.8 Å². The zero-order valence-corrected chi connectivity index (χ0v) is 20.4. The van der Waals surface area contributed by atoms with Crippen LogP contribution in [0.2, 0.25) is 0 Å². The van der Waals surface area contributed by atoms with E-state index in [0.717, 1.165) is 38.5 Å². The molecule has 0 aliphatic carbocycles. The van der Waals surface area contributed by atoms with E-state index in [2.05, 4.69) is 12.2 Å². The van der Waals surface area contributed by atoms with Crippen LogP contribution in [0.25, 0.3) is 0 Å². The van der Waals surface area contributed by atoms with Crippen molar-refractivity contribution in [2.45, 2.75) is 70.8 Å². The Balaban J connectivity index is 2.13. The van der Waals surface area contributed by atoms with Crippen molar-refractivity contribution in [3.63, 3.8) is 0 Å². The number of carboxylic acid groups (broad SMARTS) is 1. The molecule has 0 spiro atoms. The number of nitrogens with one attached hydrogen (secondary N) is 1. The van der Waals surface area contributed by atoms with Gasteiger partial charge in [0.2, 0.25) is 0 Å². The molecule has 9 nitrogen and oxygen atoms in total. The third-order valence-corrected chi connectivity index (χ3v) is 7.23. The second-order valence-corrected chi connectivity index (χ2v) is 9.51. The van der Waals surface area contributed by atoms with Gasteiger partial charge in [0.25, 0.3) is 0 Å². The van der Waals surface area contributed by atoms with Gasteiger partial charge in [0.1, 0.15) is 11.7 Å². The fraction of sp³-hybridized carbons (Fsp3) is 0.708. The highest BCUT2D eigenvalue weighted by atomic mass is 19.1. The number of nitrogens with two attached hydrogens (primary N) is 1. The molecule has 2 aliphatic heterocycles. The van der Waals surface area contributed by atoms with E-state index in [1.54, 1.807) is 9.80 Å². The second kappa shape index (κ2) is 12.3. The minimum Gasteiger partial charge on any atom is -0.480 e. The van der Waals surface area contributed by atoms with Gasteiger partial charge in [-0.25, -0.2) is 13.6 Å². The largest absolute Gasteiger partial charge is 0.480 e. The Hall–Kier alpha value is -2.69. The Morgan fingerprint density at radius 1 is 1.11 bits per heavy atom. The molecule has 0 amide bonds. The van der Waals surface area contributed by atoms with Crippen LogP contribution in [-0.2, 0) is 4.79 Å². The maximum Gasteiger partial charge on any atom is 0.326 e. The van der Waals surface area contributed by atoms with Gasteiger partial charge in [-0.1, -0.05) is 13.3 Å². The molecule has 1 atom stereocenters. The summed E-state index contributed by atoms with van der Waals surface area (Å²) in [6, 6.07) is -1.27. The number of anilines is 3. The van der Waals surface area contributed by atoms with Crippen molar-refractivity contribution >= 4 is 28.7 Å². The lowest BCUT2D eigenvalue weighted by molar-refractivity contribution is -0.383. The summed E-state index contributed by atoms with van der Waals surface area (Å²) < 4.78 is 32.0. The molecule has 0 aromatic heterocycles. The first-order valence-electron chi connectivity index (χ1n) is 12.7. The molecule has 3 rings (SSSR count). The first-order chi connectivity index (χ1) is 16.8. The highest BCUT2D eigenvalue weighted by Crippen LogP contribution is 2.47. The molecule has 1 aromatic rings. The van der Waals surface area contributed by atoms with Crippen molar-refractivity contribution in [3.05, 3.63) is 21.7 Å². The third-order valence-electron chi connectivity index (χ3n) is 7.23. The Morgan fingerprint density at radius 2 is 1.74 bits per heavy atom. The van der Waals surface area contributed by atoms with Gasteiger partial charge >= 0.3 is 11.7 Å². The normalized spacial score (nSPS) is 17.9. The van der Waals surface area contributed by atoms with Crippen molar-refractivity contribution in [2.24, 2.45) is 11.7 Å². The van der Waals surface area contributed by atoms with Crippen LogP contribution in [0, 0.1) is 27.7 Å². The number of halogens is 2. The topological polar surface area (TPSA) is 125 Å². The van der Waals surface area contributed by atoms with E-state index in [-0.39, 0.29) is 17.8 Å². The molecule has 2 fully saturated rings. The van der Waals surface area contributed by atoms with Crippen molar-refractivity contribution in [1.29, 1.82) is 0 Å². The Morgan fingerprint density at radius 3 is 2.29 bits per heavy atom. The Labute approximate surface area is 204 Å². The van der Waals surface area contributed by atoms with Crippen molar-refractivity contribution < 1.29 is 23.6 Å². The number of hydrogen-bond donors (Lipinski definition) is 3. The molecule has 1 aromatic carbocycles. The van der Waals surface area contributed by atoms with Gasteiger partial charge < -0.3 is 26.0 Å². The van der Waals surface area contributed by atoms with E-state index in [1.807, 2.05) is 0 Å². The van der Waals surface area contributed by atoms with E-state index < -0.39 is 39.9 Å². The van der Waals surface area contributed by atoms with Crippen LogP contribution in [0.1, 0.15) is 64.7 Å². The lowest BCUT2D eigenvalue weighted by Gasteiger charge is -2.36. The molecule has 4 N–H and O–H groups in total. The predicted molar refractivity (Wildman–Crippen MR) is 132 cm³/mol. The molecule has 2 aliphatic rings. The molecule has 2 heterocycles. The Kier molecular flexibility index (Phi) is 9.47. The van der Waals surface area contributed by atoms with Crippen LogP contribution >= 0.6 is 0 Å². The predicted octanol–water partition coefficient (Wildman–Crippen LogP) is 4.48. The van der Waals surface area contributed by atoms with Crippen molar-refractivity contribution in [3.8, 4) is 0 Å². The van der Waals surface area contributed by atoms with Crippen LogP contribution in [0.5, 0.6) is 0 Å². The minimum absolute atomic E-state index is 0.108. The number of carbonyl (C=O) groups is 1. The zero-order chi connectivity index (χ0) is 25.5. The fourth-order valence-electron chi connectivity index (χ4n) is 5.14. The first-order valence-corrected chi connectivity index (χ1v) is 12.7. The molecule has 11 heteroatoms. The molecule has 0 saturated carbocycles. The summed E-state index contributed by atoms with van der Waals surface area (Å²) in [6.45, 7) is 4.15. The number of carboxylic acids is 1. The van der Waals surface area contributed by atoms with Gasteiger partial charge in [0, 0.05) is 26.2 Å². The van der Waals surface area contributed by atoms with E-state index in [9.17, 15) is 20.0 Å². The lowest BCUT2D eigenvalue weighted by Crippen LogP contribution is -2.37. The lowest BCUT2D eigenvalue weighted by atomic mass is 9.93. The summed E-state index contributed by atoms with van der Waals surface area (Å²) in [7, 11) is 0. The summed E-state index contributed by atoms with van der Waals surface area (Å²) in [5, 5.41) is 24.5. The number of benzene rings is 1. The molecule has 0 unspecified atom stereocenters. The number of nitrogens with zero attached hydrogens (tertiary/aromatic N) is 3. The van der Waals surface area contributed by atoms with Gasteiger partial charge in [-0.05, 0) is 63.8 Å². The standard InChI is InChI=1S/C24H37F2N5O4/c1-2-16-9-14-30(15-10-16)21-18(25)20(28-17(24(32)33)8-4-5-11-27)23(31(34)35)22(19(21)26)29-12-6-3-7-13-29/h16-17,28H,2-15,27H2,1H3,(H,32,33)/t17-/m0/s1. The highest BCUT2D eigenvalue weighted by Gasteiger charge is 2.39. The monoisotopic (exact) mass is 497 g/mol. The summed E-state index contributed by atoms with van der Waals surface area (Å²) in [4.78, 5) is 26.5. The number of unbranched alkanes of at least 4 members (excludes halogenated alkanes) is 1. The summed E-state index contributed by atoms with van der Waals surface area (Å²) >= 11 is 0. The van der Waals surface area contributed by atoms with Crippen LogP contribution in [0.3, 0.4) is 0 Å². The highest BCUT2D eigenvalue weighted by molar-refractivity contribution is 5.87. The molecule has 0 bridgehead atoms. The van der Waals surface area contributed by atoms with E-state index in [1.165, 1.54) is 0 Å². The zero-order valence-electron chi connectivity index (χ0n) is 20.4. The average Bonchev–Trinajstić information content (AvgIpc) is 2.85. The van der Waals surface area contributed by atoms with E-state index >= 15 is 8.78 Å². The molecular formula is C24H37F2N5O4. The number of rotatable bonds is 11. The van der Waals surface area contributed by atoms with Gasteiger partial charge in [-0.3, -0.25) is 10.1 Å². The molecule has 35 heavy (non-hydrogen) atoms. The van der Waals surface area contributed by atoms with Crippen LogP contribution in [0.4, 0.5) is 31.5 Å². The fourth-order valence-corrected chi connectivity index (χ4v) is 5.14. The van der Waals surface area contributed by atoms with Crippen LogP contribution in [0.15, 0.2) is 0 Å². The number of aliphatic carboxylic acids is 1. The summed E-state index contributed by atoms with van der Waals surface area (Å²) in [6.07, 6.45) is 6.05. The van der Waals surface area contributed by atoms with Gasteiger partial charge in [-0.2, -0.15) is 0 Å². The van der Waals surface area contributed by atoms with E-state index in [0.29, 0.717) is 51.5 Å². The third kappa shape index (κ3) is 6.12. The van der Waals surface area contributed by atoms with Crippen molar-refractivity contribution in [1.82, 2.24) is 0 Å². The molecular weight excluding hydrogens is 460 g/mol. The summed E-state index contributed by atoms with van der Waals surface area (Å²) in [5.41, 5.74) is 3.66. The molecule has 196 valence electrons. The SMILES string of the molecule is CCC1CCN(c2c(F)c(N[C@@H](CCCCN)C(=O)O)c([N+](=O)[O-])c(N3CCCCC3)c2F)CC1. The maximum absolute atomic E-state index is 16.0. The van der Waals surface area contributed by atoms with Crippen LogP contribution in [-0.4, -0.2) is 54.8 Å². The van der Waals surface area contributed by atoms with Crippen LogP contribution < -0.4 is 20.9 Å². The number of nitro groups is 1. The van der Waals surface area contributed by atoms with E-state index in [4.69, 9.17) is 5.73 Å². The number of hydrogen-bond acceptors (Lipinski definition) is 7. The number of piperidine rings is 2.